The maximum absolute atomic E-state index is 13.9. The van der Waals surface area contributed by atoms with Crippen molar-refractivity contribution in [1.29, 1.82) is 0 Å². The summed E-state index contributed by atoms with van der Waals surface area (Å²) in [6.45, 7) is -3.12. The first-order valence-electron chi connectivity index (χ1n) is 13.8. The summed E-state index contributed by atoms with van der Waals surface area (Å²) in [6.07, 6.45) is -13.4. The van der Waals surface area contributed by atoms with Gasteiger partial charge in [0, 0.05) is 0 Å². The molecule has 3 saturated heterocycles. The number of rotatable bonds is 14. The maximum Gasteiger partial charge on any atom is 0.492 e. The Morgan fingerprint density at radius 1 is 0.857 bits per heavy atom. The molecule has 5 rings (SSSR count). The molecule has 3 fully saturated rings. The van der Waals surface area contributed by atoms with Gasteiger partial charge in [-0.25, -0.2) is 37.7 Å². The number of aliphatic hydroxyl groups excluding tert-OH is 6. The molecule has 0 bridgehead atoms. The number of aliphatic hydroxyl groups is 8. The Kier molecular flexibility index (Phi) is 11.0. The molecule has 49 heavy (non-hydrogen) atoms. The lowest BCUT2D eigenvalue weighted by Gasteiger charge is -2.32. The fraction of sp³-hybridized carbons (Fsp3) is 0.750. The first kappa shape index (κ1) is 38.5. The third-order valence-electron chi connectivity index (χ3n) is 7.13. The van der Waals surface area contributed by atoms with Crippen LogP contribution in [0.2, 0.25) is 0 Å². The molecule has 0 amide bonds. The number of fused-ring (bicyclic) bond motifs is 1. The van der Waals surface area contributed by atoms with E-state index in [1.165, 1.54) is 0 Å². The number of phosphoric ester groups is 1. The van der Waals surface area contributed by atoms with E-state index in [2.05, 4.69) is 23.6 Å². The fourth-order valence-electron chi connectivity index (χ4n) is 4.99. The van der Waals surface area contributed by atoms with Crippen LogP contribution < -0.4 is 5.73 Å². The molecule has 2 aromatic heterocycles. The summed E-state index contributed by atoms with van der Waals surface area (Å²) in [5, 5.41) is 81.6. The Morgan fingerprint density at radius 2 is 1.43 bits per heavy atom. The second-order valence-electron chi connectivity index (χ2n) is 10.8. The summed E-state index contributed by atoms with van der Waals surface area (Å²) >= 11 is 0. The molecule has 3 aliphatic rings. The van der Waals surface area contributed by atoms with Gasteiger partial charge in [0.25, 0.3) is 11.9 Å². The average molecular weight is 771 g/mol. The highest BCUT2D eigenvalue weighted by Gasteiger charge is 2.59. The van der Waals surface area contributed by atoms with Crippen molar-refractivity contribution in [3.05, 3.63) is 12.7 Å². The van der Waals surface area contributed by atoms with Crippen LogP contribution in [0.3, 0.4) is 0 Å². The van der Waals surface area contributed by atoms with E-state index in [1.807, 2.05) is 0 Å². The predicted octanol–water partition coefficient (Wildman–Crippen LogP) is -4.00. The number of phosphoric acid groups is 3. The molecule has 2 aromatic rings. The van der Waals surface area contributed by atoms with Crippen molar-refractivity contribution in [3.63, 3.8) is 0 Å². The van der Waals surface area contributed by atoms with Crippen LogP contribution >= 0.6 is 23.5 Å². The first-order valence-corrected chi connectivity index (χ1v) is 18.2. The minimum absolute atomic E-state index is 0.0404. The molecule has 29 heteroatoms. The summed E-state index contributed by atoms with van der Waals surface area (Å²) < 4.78 is 79.2. The highest BCUT2D eigenvalue weighted by molar-refractivity contribution is 7.67. The zero-order valence-electron chi connectivity index (χ0n) is 24.5. The van der Waals surface area contributed by atoms with E-state index in [0.29, 0.717) is 0 Å². The van der Waals surface area contributed by atoms with Gasteiger partial charge in [-0.3, -0.25) is 9.09 Å². The SMILES string of the molecule is Nc1ncnc2c1ncn2[C@@H]1O[C@H](COP(=O)(OP(=O)(O)O)OP(=O)(O[C@]2(O)C[C@H](O)[C@@H](CO)O2)O[C@]2(O)C[C@H](O)[C@@H](CO)O2)[C@@H](O)[C@H]1O. The normalized spacial score (nSPS) is 36.9. The van der Waals surface area contributed by atoms with Crippen LogP contribution in [0.25, 0.3) is 11.2 Å². The smallest absolute Gasteiger partial charge is 0.394 e. The number of nitrogens with zero attached hydrogens (tertiary/aromatic N) is 4. The molecule has 0 aliphatic carbocycles. The highest BCUT2D eigenvalue weighted by Crippen LogP contribution is 2.73. The summed E-state index contributed by atoms with van der Waals surface area (Å²) in [6, 6.07) is 0. The molecule has 0 spiro atoms. The lowest BCUT2D eigenvalue weighted by molar-refractivity contribution is -0.341. The van der Waals surface area contributed by atoms with Gasteiger partial charge in [0.1, 0.15) is 42.4 Å². The van der Waals surface area contributed by atoms with Crippen LogP contribution in [0, 0.1) is 0 Å². The van der Waals surface area contributed by atoms with Gasteiger partial charge < -0.3 is 70.6 Å². The topological polar surface area (TPSA) is 397 Å². The minimum atomic E-state index is -6.14. The minimum Gasteiger partial charge on any atom is -0.394 e. The Balaban J connectivity index is 1.41. The van der Waals surface area contributed by atoms with Crippen molar-refractivity contribution in [2.45, 2.75) is 73.7 Å². The van der Waals surface area contributed by atoms with Gasteiger partial charge in [-0.1, -0.05) is 0 Å². The number of ether oxygens (including phenoxy) is 3. The van der Waals surface area contributed by atoms with Crippen LogP contribution in [0.1, 0.15) is 19.1 Å². The highest BCUT2D eigenvalue weighted by atomic mass is 31.3. The zero-order chi connectivity index (χ0) is 36.2. The number of hydrogen-bond acceptors (Lipinski definition) is 23. The molecular weight excluding hydrogens is 739 g/mol. The predicted molar refractivity (Wildman–Crippen MR) is 148 cm³/mol. The lowest BCUT2D eigenvalue weighted by Crippen LogP contribution is -2.37. The first-order chi connectivity index (χ1) is 22.7. The van der Waals surface area contributed by atoms with Gasteiger partial charge in [-0.05, 0) is 0 Å². The molecule has 3 aliphatic heterocycles. The Bertz CT molecular complexity index is 1610. The third kappa shape index (κ3) is 8.52. The molecule has 12 N–H and O–H groups in total. The molecule has 0 aromatic carbocycles. The monoisotopic (exact) mass is 771 g/mol. The van der Waals surface area contributed by atoms with Crippen molar-refractivity contribution < 1.29 is 101 Å². The Hall–Kier alpha value is -1.68. The number of nitrogen functional groups attached to an aromatic ring is 1. The van der Waals surface area contributed by atoms with E-state index in [0.717, 1.165) is 17.2 Å². The molecular formula is C20H32N5O21P3. The zero-order valence-corrected chi connectivity index (χ0v) is 27.2. The van der Waals surface area contributed by atoms with Gasteiger partial charge in [0.2, 0.25) is 0 Å². The van der Waals surface area contributed by atoms with Gasteiger partial charge in [0.15, 0.2) is 17.7 Å². The van der Waals surface area contributed by atoms with E-state index >= 15 is 0 Å². The van der Waals surface area contributed by atoms with E-state index in [-0.39, 0.29) is 17.0 Å². The largest absolute Gasteiger partial charge is 0.492 e. The average Bonchev–Trinajstić information content (AvgIpc) is 3.69. The molecule has 11 atom stereocenters. The number of nitrogens with two attached hydrogens (primary N) is 1. The van der Waals surface area contributed by atoms with Crippen molar-refractivity contribution in [1.82, 2.24) is 19.5 Å². The number of hydrogen-bond donors (Lipinski definition) is 11. The molecule has 0 radical (unpaired) electrons. The molecule has 0 saturated carbocycles. The van der Waals surface area contributed by atoms with Crippen LogP contribution in [-0.2, 0) is 50.1 Å². The van der Waals surface area contributed by atoms with E-state index in [4.69, 9.17) is 33.5 Å². The van der Waals surface area contributed by atoms with Gasteiger partial charge in [-0.15, -0.1) is 0 Å². The number of anilines is 1. The van der Waals surface area contributed by atoms with Gasteiger partial charge in [-0.2, -0.15) is 8.62 Å². The lowest BCUT2D eigenvalue weighted by atomic mass is 10.1. The standard InChI is InChI=1S/C20H32N5O21P3/c21-16-13-17(23-6-22-16)25(7-24-13)18-15(31)14(30)12(40-18)5-39-48(37,45-47(34,35)36)46-49(38,43-19(32)1-8(28)10(3-26)41-19)44-20(33)2-9(29)11(4-27)42-20/h6-12,14-15,18,26-33H,1-5H2,(H2,21,22,23)(H2,34,35,36)/t8-,9-,10+,11+,12+,14+,15+,18+,19-,20-,48?/m0/s1. The molecule has 5 heterocycles. The molecule has 278 valence electrons. The number of aromatic nitrogens is 4. The summed E-state index contributed by atoms with van der Waals surface area (Å²) in [5.41, 5.74) is 5.89. The van der Waals surface area contributed by atoms with Crippen molar-refractivity contribution in [2.24, 2.45) is 0 Å². The van der Waals surface area contributed by atoms with Crippen LogP contribution in [-0.4, -0.2) is 145 Å². The molecule has 1 unspecified atom stereocenters. The van der Waals surface area contributed by atoms with Crippen molar-refractivity contribution >= 4 is 40.4 Å². The second kappa shape index (κ2) is 14.0. The van der Waals surface area contributed by atoms with Crippen molar-refractivity contribution in [2.75, 3.05) is 25.6 Å². The maximum atomic E-state index is 13.9. The molecule has 26 nitrogen and oxygen atoms in total. The summed E-state index contributed by atoms with van der Waals surface area (Å²) in [7, 11) is -18.2. The van der Waals surface area contributed by atoms with E-state index in [9.17, 15) is 64.3 Å². The van der Waals surface area contributed by atoms with Crippen LogP contribution in [0.4, 0.5) is 5.82 Å². The van der Waals surface area contributed by atoms with Crippen LogP contribution in [0.15, 0.2) is 12.7 Å². The van der Waals surface area contributed by atoms with Gasteiger partial charge >= 0.3 is 23.5 Å². The van der Waals surface area contributed by atoms with E-state index < -0.39 is 117 Å². The Labute approximate surface area is 272 Å². The van der Waals surface area contributed by atoms with Crippen LogP contribution in [0.5, 0.6) is 0 Å². The van der Waals surface area contributed by atoms with Crippen molar-refractivity contribution in [3.8, 4) is 0 Å². The fourth-order valence-corrected chi connectivity index (χ4v) is 9.34. The summed E-state index contributed by atoms with van der Waals surface area (Å²) in [4.78, 5) is 30.7. The van der Waals surface area contributed by atoms with E-state index in [1.54, 1.807) is 0 Å². The quantitative estimate of drug-likeness (QED) is 0.0644. The third-order valence-corrected chi connectivity index (χ3v) is 11.9. The summed E-state index contributed by atoms with van der Waals surface area (Å²) in [5.74, 6) is -6.56. The Morgan fingerprint density at radius 3 is 1.94 bits per heavy atom. The second-order valence-corrected chi connectivity index (χ2v) is 15.5. The van der Waals surface area contributed by atoms with Gasteiger partial charge in [0.05, 0.1) is 51.2 Å². The number of imidazole rings is 1.